The van der Waals surface area contributed by atoms with E-state index in [1.165, 1.54) is 0 Å². The first-order valence-electron chi connectivity index (χ1n) is 14.9. The fraction of sp³-hybridized carbons (Fsp3) is 0.303. The van der Waals surface area contributed by atoms with Gasteiger partial charge in [0.05, 0.1) is 28.3 Å². The SMILES string of the molecule is O=C(CC1Cc2cc(Cl)c3[nH]ncc3c2CN(Cc2ccncc2)C1=O)N1CCC(n2cc(-c3ccccc3)[nH]c2=O)CC1. The first kappa shape index (κ1) is 28.1. The molecule has 0 spiro atoms. The maximum Gasteiger partial charge on any atom is 0.326 e. The lowest BCUT2D eigenvalue weighted by Crippen LogP contribution is -2.42. The predicted octanol–water partition coefficient (Wildman–Crippen LogP) is 4.72. The highest BCUT2D eigenvalue weighted by molar-refractivity contribution is 6.35. The van der Waals surface area contributed by atoms with Crippen LogP contribution in [-0.4, -0.2) is 59.4 Å². The number of piperidine rings is 1. The zero-order valence-electron chi connectivity index (χ0n) is 24.1. The fourth-order valence-electron chi connectivity index (χ4n) is 6.61. The normalized spacial score (nSPS) is 17.6. The van der Waals surface area contributed by atoms with Crippen LogP contribution in [0.1, 0.15) is 42.0 Å². The number of nitrogens with one attached hydrogen (secondary N) is 2. The number of pyridine rings is 1. The predicted molar refractivity (Wildman–Crippen MR) is 167 cm³/mol. The van der Waals surface area contributed by atoms with Crippen molar-refractivity contribution in [1.82, 2.24) is 34.5 Å². The summed E-state index contributed by atoms with van der Waals surface area (Å²) < 4.78 is 1.76. The summed E-state index contributed by atoms with van der Waals surface area (Å²) in [5.41, 5.74) is 5.28. The molecule has 5 aromatic rings. The third-order valence-corrected chi connectivity index (χ3v) is 9.25. The summed E-state index contributed by atoms with van der Waals surface area (Å²) in [7, 11) is 0. The second-order valence-electron chi connectivity index (χ2n) is 11.7. The first-order valence-corrected chi connectivity index (χ1v) is 15.3. The molecule has 2 aliphatic heterocycles. The van der Waals surface area contributed by atoms with Gasteiger partial charge in [0, 0.05) is 62.6 Å². The molecule has 5 heterocycles. The summed E-state index contributed by atoms with van der Waals surface area (Å²) in [6.45, 7) is 1.87. The number of carbonyl (C=O) groups excluding carboxylic acids is 2. The minimum atomic E-state index is -0.524. The van der Waals surface area contributed by atoms with Crippen molar-refractivity contribution in [1.29, 1.82) is 0 Å². The molecule has 224 valence electrons. The number of halogens is 1. The lowest BCUT2D eigenvalue weighted by molar-refractivity contribution is -0.142. The highest BCUT2D eigenvalue weighted by Crippen LogP contribution is 2.35. The molecular weight excluding hydrogens is 578 g/mol. The van der Waals surface area contributed by atoms with Crippen molar-refractivity contribution in [3.63, 3.8) is 0 Å². The van der Waals surface area contributed by atoms with Gasteiger partial charge in [0.15, 0.2) is 0 Å². The number of carbonyl (C=O) groups is 2. The van der Waals surface area contributed by atoms with Crippen LogP contribution in [0.4, 0.5) is 0 Å². The number of hydrogen-bond donors (Lipinski definition) is 2. The average molecular weight is 610 g/mol. The van der Waals surface area contributed by atoms with E-state index in [9.17, 15) is 14.4 Å². The van der Waals surface area contributed by atoms with Gasteiger partial charge in [-0.1, -0.05) is 41.9 Å². The number of amides is 2. The Morgan fingerprint density at radius 2 is 1.82 bits per heavy atom. The third kappa shape index (κ3) is 5.41. The van der Waals surface area contributed by atoms with E-state index in [0.29, 0.717) is 50.5 Å². The molecule has 0 aliphatic carbocycles. The summed E-state index contributed by atoms with van der Waals surface area (Å²) >= 11 is 6.60. The van der Waals surface area contributed by atoms with Crippen molar-refractivity contribution in [2.75, 3.05) is 13.1 Å². The second kappa shape index (κ2) is 11.8. The zero-order valence-corrected chi connectivity index (χ0v) is 24.8. The largest absolute Gasteiger partial charge is 0.343 e. The van der Waals surface area contributed by atoms with Crippen molar-refractivity contribution >= 4 is 34.3 Å². The Balaban J connectivity index is 1.08. The molecule has 1 unspecified atom stereocenters. The Morgan fingerprint density at radius 1 is 1.05 bits per heavy atom. The van der Waals surface area contributed by atoms with Crippen molar-refractivity contribution in [2.24, 2.45) is 5.92 Å². The Hall–Kier alpha value is -4.70. The van der Waals surface area contributed by atoms with E-state index in [-0.39, 0.29) is 30.0 Å². The van der Waals surface area contributed by atoms with E-state index >= 15 is 0 Å². The number of hydrogen-bond acceptors (Lipinski definition) is 5. The molecule has 2 N–H and O–H groups in total. The minimum absolute atomic E-state index is 0.00187. The van der Waals surface area contributed by atoms with E-state index in [0.717, 1.165) is 38.9 Å². The highest BCUT2D eigenvalue weighted by Gasteiger charge is 2.35. The van der Waals surface area contributed by atoms with Gasteiger partial charge in [-0.15, -0.1) is 0 Å². The van der Waals surface area contributed by atoms with E-state index in [4.69, 9.17) is 11.6 Å². The molecule has 1 saturated heterocycles. The van der Waals surface area contributed by atoms with Crippen LogP contribution in [-0.2, 0) is 29.1 Å². The Labute approximate surface area is 258 Å². The first-order chi connectivity index (χ1) is 21.4. The number of likely N-dealkylation sites (tertiary alicyclic amines) is 1. The smallest absolute Gasteiger partial charge is 0.326 e. The van der Waals surface area contributed by atoms with Crippen LogP contribution >= 0.6 is 11.6 Å². The molecule has 1 atom stereocenters. The van der Waals surface area contributed by atoms with E-state index in [1.54, 1.807) is 23.2 Å². The van der Waals surface area contributed by atoms with Gasteiger partial charge in [0.1, 0.15) is 0 Å². The molecule has 0 bridgehead atoms. The van der Waals surface area contributed by atoms with Crippen LogP contribution in [0.2, 0.25) is 5.02 Å². The molecule has 11 heteroatoms. The Morgan fingerprint density at radius 3 is 2.59 bits per heavy atom. The van der Waals surface area contributed by atoms with Gasteiger partial charge >= 0.3 is 5.69 Å². The van der Waals surface area contributed by atoms with Gasteiger partial charge in [-0.05, 0) is 59.7 Å². The number of aromatic amines is 2. The molecular formula is C33H32ClN7O3. The zero-order chi connectivity index (χ0) is 30.2. The average Bonchev–Trinajstić information content (AvgIpc) is 3.68. The van der Waals surface area contributed by atoms with Crippen LogP contribution in [0.25, 0.3) is 22.2 Å². The number of H-pyrrole nitrogens is 2. The summed E-state index contributed by atoms with van der Waals surface area (Å²) in [5.74, 6) is -0.623. The van der Waals surface area contributed by atoms with E-state index < -0.39 is 5.92 Å². The minimum Gasteiger partial charge on any atom is -0.343 e. The molecule has 2 amide bonds. The van der Waals surface area contributed by atoms with Crippen molar-refractivity contribution in [3.05, 3.63) is 106 Å². The van der Waals surface area contributed by atoms with Crippen molar-refractivity contribution < 1.29 is 9.59 Å². The number of aromatic nitrogens is 5. The van der Waals surface area contributed by atoms with Gasteiger partial charge < -0.3 is 14.8 Å². The topological polar surface area (TPSA) is 120 Å². The highest BCUT2D eigenvalue weighted by atomic mass is 35.5. The van der Waals surface area contributed by atoms with Gasteiger partial charge in [-0.2, -0.15) is 5.10 Å². The quantitative estimate of drug-likeness (QED) is 0.289. The number of imidazole rings is 1. The second-order valence-corrected chi connectivity index (χ2v) is 12.1. The Kier molecular flexibility index (Phi) is 7.51. The molecule has 44 heavy (non-hydrogen) atoms. The summed E-state index contributed by atoms with van der Waals surface area (Å²) in [5, 5.41) is 8.62. The van der Waals surface area contributed by atoms with Gasteiger partial charge in [-0.3, -0.25) is 24.2 Å². The van der Waals surface area contributed by atoms with Crippen molar-refractivity contribution in [2.45, 2.75) is 44.8 Å². The maximum atomic E-state index is 14.0. The van der Waals surface area contributed by atoms with Crippen LogP contribution in [0.5, 0.6) is 0 Å². The molecule has 3 aromatic heterocycles. The maximum absolute atomic E-state index is 14.0. The van der Waals surface area contributed by atoms with Crippen LogP contribution in [0.15, 0.2) is 78.1 Å². The molecule has 1 fully saturated rings. The fourth-order valence-corrected chi connectivity index (χ4v) is 6.89. The van der Waals surface area contributed by atoms with Crippen LogP contribution in [0, 0.1) is 5.92 Å². The number of rotatable bonds is 6. The summed E-state index contributed by atoms with van der Waals surface area (Å²) in [6.07, 6.45) is 8.93. The summed E-state index contributed by atoms with van der Waals surface area (Å²) in [4.78, 5) is 51.2. The van der Waals surface area contributed by atoms with E-state index in [1.807, 2.05) is 64.5 Å². The number of fused-ring (bicyclic) bond motifs is 3. The molecule has 7 rings (SSSR count). The number of benzene rings is 2. The third-order valence-electron chi connectivity index (χ3n) is 8.95. The standard InChI is InChI=1S/C33H32ClN7O3/c34-28-15-23-14-24(32(43)40(18-21-6-10-35-11-7-21)19-27(23)26-17-36-38-31(26)28)16-30(42)39-12-8-25(9-13-39)41-20-29(37-33(41)44)22-4-2-1-3-5-22/h1-7,10-11,15,17,20,24-25H,8-9,12-14,16,18-19H2,(H,36,38)(H,37,44). The lowest BCUT2D eigenvalue weighted by Gasteiger charge is -2.33. The van der Waals surface area contributed by atoms with Crippen LogP contribution in [0.3, 0.4) is 0 Å². The Bertz CT molecular complexity index is 1870. The molecule has 10 nitrogen and oxygen atoms in total. The molecule has 0 radical (unpaired) electrons. The van der Waals surface area contributed by atoms with Crippen molar-refractivity contribution in [3.8, 4) is 11.3 Å². The molecule has 2 aromatic carbocycles. The van der Waals surface area contributed by atoms with E-state index in [2.05, 4.69) is 20.2 Å². The van der Waals surface area contributed by atoms with Gasteiger partial charge in [0.25, 0.3) is 0 Å². The van der Waals surface area contributed by atoms with Crippen LogP contribution < -0.4 is 5.69 Å². The van der Waals surface area contributed by atoms with Gasteiger partial charge in [0.2, 0.25) is 11.8 Å². The summed E-state index contributed by atoms with van der Waals surface area (Å²) in [6, 6.07) is 15.5. The molecule has 0 saturated carbocycles. The molecule has 2 aliphatic rings. The monoisotopic (exact) mass is 609 g/mol. The lowest BCUT2D eigenvalue weighted by atomic mass is 9.92. The van der Waals surface area contributed by atoms with Gasteiger partial charge in [-0.25, -0.2) is 4.79 Å². The number of nitrogens with zero attached hydrogens (tertiary/aromatic N) is 5.